The Hall–Kier alpha value is -2.04. The van der Waals surface area contributed by atoms with Crippen molar-refractivity contribution in [3.05, 3.63) is 24.0 Å². The first-order valence-corrected chi connectivity index (χ1v) is 6.33. The maximum absolute atomic E-state index is 8.95. The molecule has 1 atom stereocenters. The normalized spacial score (nSPS) is 17.4. The summed E-state index contributed by atoms with van der Waals surface area (Å²) in [5, 5.41) is 0. The van der Waals surface area contributed by atoms with Crippen LogP contribution in [0.1, 0.15) is 18.9 Å². The number of aromatic amines is 1. The Bertz CT molecular complexity index is 565. The van der Waals surface area contributed by atoms with Crippen LogP contribution >= 0.6 is 0 Å². The number of hydrogen-bond donors (Lipinski definition) is 1. The zero-order valence-corrected chi connectivity index (χ0v) is 11.5. The van der Waals surface area contributed by atoms with Crippen LogP contribution in [0.4, 0.5) is 5.69 Å². The molecule has 1 aliphatic heterocycles. The second-order valence-corrected chi connectivity index (χ2v) is 4.69. The maximum atomic E-state index is 8.95. The summed E-state index contributed by atoms with van der Waals surface area (Å²) in [4.78, 5) is 18.9. The lowest BCUT2D eigenvalue weighted by molar-refractivity contribution is -0.126. The lowest BCUT2D eigenvalue weighted by Gasteiger charge is -2.33. The van der Waals surface area contributed by atoms with E-state index in [9.17, 15) is 0 Å². The van der Waals surface area contributed by atoms with E-state index in [1.807, 2.05) is 0 Å². The molecule has 0 amide bonds. The van der Waals surface area contributed by atoms with Gasteiger partial charge in [0.2, 0.25) is 0 Å². The number of nitrogens with zero attached hydrogens (tertiary/aromatic N) is 2. The second-order valence-electron chi connectivity index (χ2n) is 4.69. The van der Waals surface area contributed by atoms with Gasteiger partial charge in [0.25, 0.3) is 6.47 Å². The number of hydrogen-bond acceptors (Lipinski definition) is 4. The molecule has 0 saturated heterocycles. The summed E-state index contributed by atoms with van der Waals surface area (Å²) in [5.74, 6) is 0. The number of carbonyl (C=O) groups is 1. The number of methoxy groups -OCH3 is 1. The highest BCUT2D eigenvalue weighted by Gasteiger charge is 2.22. The van der Waals surface area contributed by atoms with E-state index in [-0.39, 0.29) is 0 Å². The predicted molar refractivity (Wildman–Crippen MR) is 75.4 cm³/mol. The number of nitrogens with one attached hydrogen (secondary N) is 1. The topological polar surface area (TPSA) is 58.2 Å². The molecule has 1 aliphatic rings. The molecule has 0 fully saturated rings. The second kappa shape index (κ2) is 5.73. The Morgan fingerprint density at radius 2 is 2.26 bits per heavy atom. The first kappa shape index (κ1) is 13.4. The van der Waals surface area contributed by atoms with E-state index < -0.39 is 0 Å². The molecular weight excluding hydrogens is 242 g/mol. The molecule has 19 heavy (non-hydrogen) atoms. The first-order chi connectivity index (χ1) is 9.19. The van der Waals surface area contributed by atoms with Crippen LogP contribution in [0.15, 0.2) is 18.5 Å². The Morgan fingerprint density at radius 1 is 1.53 bits per heavy atom. The highest BCUT2D eigenvalue weighted by Crippen LogP contribution is 2.33. The smallest absolute Gasteiger partial charge is 0.292 e. The Balaban J connectivity index is 0.000000297. The molecule has 102 valence electrons. The summed E-state index contributed by atoms with van der Waals surface area (Å²) in [6, 6.07) is 4.95. The number of ether oxygens (including phenoxy) is 1. The maximum Gasteiger partial charge on any atom is 0.292 e. The van der Waals surface area contributed by atoms with Gasteiger partial charge in [0, 0.05) is 24.3 Å². The number of carbonyl (C=O) groups excluding carboxylic acids is 1. The number of anilines is 1. The van der Waals surface area contributed by atoms with Crippen molar-refractivity contribution in [1.29, 1.82) is 0 Å². The molecule has 2 aromatic rings. The van der Waals surface area contributed by atoms with Crippen LogP contribution in [0.2, 0.25) is 0 Å². The van der Waals surface area contributed by atoms with Crippen molar-refractivity contribution in [1.82, 2.24) is 9.97 Å². The van der Waals surface area contributed by atoms with E-state index >= 15 is 0 Å². The van der Waals surface area contributed by atoms with E-state index in [4.69, 9.17) is 4.79 Å². The summed E-state index contributed by atoms with van der Waals surface area (Å²) in [6.07, 6.45) is 4.14. The molecule has 3 rings (SSSR count). The fourth-order valence-electron chi connectivity index (χ4n) is 2.42. The third kappa shape index (κ3) is 2.54. The molecule has 5 nitrogen and oxygen atoms in total. The molecular formula is C14H19N3O2. The third-order valence-electron chi connectivity index (χ3n) is 3.62. The fourth-order valence-corrected chi connectivity index (χ4v) is 2.42. The number of fused-ring (bicyclic) bond motifs is 3. The van der Waals surface area contributed by atoms with Crippen molar-refractivity contribution in [2.45, 2.75) is 25.8 Å². The lowest BCUT2D eigenvalue weighted by Crippen LogP contribution is -2.33. The summed E-state index contributed by atoms with van der Waals surface area (Å²) >= 11 is 0. The van der Waals surface area contributed by atoms with Crippen LogP contribution in [0, 0.1) is 0 Å². The SMILES string of the molecule is CC1CCc2c(ccc3[nH]cnc23)N1C.COC=O. The predicted octanol–water partition coefficient (Wildman–Crippen LogP) is 2.12. The average Bonchev–Trinajstić information content (AvgIpc) is 2.91. The molecule has 0 radical (unpaired) electrons. The molecule has 0 aliphatic carbocycles. The monoisotopic (exact) mass is 261 g/mol. The molecule has 0 spiro atoms. The van der Waals surface area contributed by atoms with Crippen molar-refractivity contribution in [3.63, 3.8) is 0 Å². The Kier molecular flexibility index (Phi) is 4.04. The van der Waals surface area contributed by atoms with Gasteiger partial charge in [-0.2, -0.15) is 0 Å². The van der Waals surface area contributed by atoms with Crippen molar-refractivity contribution in [2.24, 2.45) is 0 Å². The van der Waals surface area contributed by atoms with Gasteiger partial charge in [0.15, 0.2) is 0 Å². The van der Waals surface area contributed by atoms with Crippen molar-refractivity contribution >= 4 is 23.2 Å². The van der Waals surface area contributed by atoms with Gasteiger partial charge in [-0.3, -0.25) is 4.79 Å². The highest BCUT2D eigenvalue weighted by atomic mass is 16.5. The summed E-state index contributed by atoms with van der Waals surface area (Å²) in [7, 11) is 3.48. The minimum atomic E-state index is 0.375. The van der Waals surface area contributed by atoms with Gasteiger partial charge in [-0.25, -0.2) is 4.98 Å². The van der Waals surface area contributed by atoms with Gasteiger partial charge in [-0.1, -0.05) is 0 Å². The minimum Gasteiger partial charge on any atom is -0.471 e. The van der Waals surface area contributed by atoms with Crippen LogP contribution < -0.4 is 4.90 Å². The van der Waals surface area contributed by atoms with Crippen molar-refractivity contribution in [3.8, 4) is 0 Å². The molecule has 1 aromatic heterocycles. The average molecular weight is 261 g/mol. The van der Waals surface area contributed by atoms with E-state index in [1.165, 1.54) is 24.8 Å². The van der Waals surface area contributed by atoms with E-state index in [0.29, 0.717) is 12.5 Å². The van der Waals surface area contributed by atoms with Crippen molar-refractivity contribution < 1.29 is 9.53 Å². The number of imidazole rings is 1. The van der Waals surface area contributed by atoms with Gasteiger partial charge in [-0.15, -0.1) is 0 Å². The Morgan fingerprint density at radius 3 is 2.95 bits per heavy atom. The van der Waals surface area contributed by atoms with E-state index in [2.05, 4.69) is 45.7 Å². The molecule has 1 N–H and O–H groups in total. The third-order valence-corrected chi connectivity index (χ3v) is 3.62. The van der Waals surface area contributed by atoms with Gasteiger partial charge in [-0.05, 0) is 31.9 Å². The minimum absolute atomic E-state index is 0.375. The zero-order chi connectivity index (χ0) is 13.8. The lowest BCUT2D eigenvalue weighted by atomic mass is 9.96. The van der Waals surface area contributed by atoms with Gasteiger partial charge < -0.3 is 14.6 Å². The Labute approximate surface area is 112 Å². The molecule has 5 heteroatoms. The van der Waals surface area contributed by atoms with E-state index in [0.717, 1.165) is 17.5 Å². The summed E-state index contributed by atoms with van der Waals surface area (Å²) in [5.41, 5.74) is 5.03. The van der Waals surface area contributed by atoms with Crippen LogP contribution in [0.3, 0.4) is 0 Å². The zero-order valence-electron chi connectivity index (χ0n) is 11.5. The number of benzene rings is 1. The summed E-state index contributed by atoms with van der Waals surface area (Å²) in [6.45, 7) is 2.65. The number of rotatable bonds is 1. The molecule has 1 unspecified atom stereocenters. The molecule has 0 bridgehead atoms. The van der Waals surface area contributed by atoms with Gasteiger partial charge >= 0.3 is 0 Å². The van der Waals surface area contributed by atoms with Crippen LogP contribution in [-0.2, 0) is 16.0 Å². The van der Waals surface area contributed by atoms with Crippen LogP contribution in [-0.4, -0.2) is 36.6 Å². The first-order valence-electron chi connectivity index (χ1n) is 6.33. The molecule has 2 heterocycles. The number of aromatic nitrogens is 2. The van der Waals surface area contributed by atoms with Crippen LogP contribution in [0.25, 0.3) is 11.0 Å². The summed E-state index contributed by atoms with van der Waals surface area (Å²) < 4.78 is 3.86. The molecule has 0 saturated carbocycles. The standard InChI is InChI=1S/C12H15N3.C2H4O2/c1-8-3-4-9-11(15(8)2)6-5-10-12(9)14-7-13-10;1-4-2-3/h5-8H,3-4H2,1-2H3,(H,13,14);2H,1H3. The quantitative estimate of drug-likeness (QED) is 0.799. The fraction of sp³-hybridized carbons (Fsp3) is 0.429. The van der Waals surface area contributed by atoms with Crippen LogP contribution in [0.5, 0.6) is 0 Å². The number of aryl methyl sites for hydroxylation is 1. The van der Waals surface area contributed by atoms with E-state index in [1.54, 1.807) is 6.33 Å². The largest absolute Gasteiger partial charge is 0.471 e. The molecule has 1 aromatic carbocycles. The van der Waals surface area contributed by atoms with Crippen molar-refractivity contribution in [2.75, 3.05) is 19.1 Å². The van der Waals surface area contributed by atoms with Gasteiger partial charge in [0.1, 0.15) is 0 Å². The highest BCUT2D eigenvalue weighted by molar-refractivity contribution is 5.85. The number of H-pyrrole nitrogens is 1. The van der Waals surface area contributed by atoms with Gasteiger partial charge in [0.05, 0.1) is 24.5 Å².